The summed E-state index contributed by atoms with van der Waals surface area (Å²) in [6.07, 6.45) is 30.4. The van der Waals surface area contributed by atoms with Crippen LogP contribution in [0.15, 0.2) is 109 Å². The fourth-order valence-corrected chi connectivity index (χ4v) is 10.9. The number of hydrogen-bond acceptors (Lipinski definition) is 9. The second-order valence-electron chi connectivity index (χ2n) is 24.3. The molecular weight excluding hydrogens is 1320 g/mol. The maximum Gasteiger partial charge on any atom is 0.338 e. The van der Waals surface area contributed by atoms with E-state index in [-0.39, 0.29) is 13.2 Å². The third-order valence-electron chi connectivity index (χ3n) is 15.6. The lowest BCUT2D eigenvalue weighted by Gasteiger charge is -2.08. The van der Waals surface area contributed by atoms with Crippen molar-refractivity contribution in [3.63, 3.8) is 0 Å². The van der Waals surface area contributed by atoms with Gasteiger partial charge in [-0.05, 0) is 170 Å². The molecule has 0 saturated heterocycles. The van der Waals surface area contributed by atoms with E-state index < -0.39 is 17.9 Å². The van der Waals surface area contributed by atoms with Crippen LogP contribution in [0.5, 0.6) is 17.2 Å². The van der Waals surface area contributed by atoms with Gasteiger partial charge >= 0.3 is 17.9 Å². The van der Waals surface area contributed by atoms with Gasteiger partial charge in [0.15, 0.2) is 0 Å². The summed E-state index contributed by atoms with van der Waals surface area (Å²) in [4.78, 5) is 40.7. The van der Waals surface area contributed by atoms with E-state index in [4.69, 9.17) is 34.8 Å². The van der Waals surface area contributed by atoms with Crippen LogP contribution in [0.1, 0.15) is 288 Å². The molecule has 0 fully saturated rings. The van der Waals surface area contributed by atoms with Crippen LogP contribution in [0.2, 0.25) is 0 Å². The first-order valence-electron chi connectivity index (χ1n) is 35.4. The number of benzene rings is 6. The van der Waals surface area contributed by atoms with Gasteiger partial charge in [0.1, 0.15) is 17.2 Å². The number of terminal acetylenes is 1. The lowest BCUT2D eigenvalue weighted by atomic mass is 10.0. The quantitative estimate of drug-likeness (QED) is 0.0125. The summed E-state index contributed by atoms with van der Waals surface area (Å²) in [6.45, 7) is 15.6. The third kappa shape index (κ3) is 30.5. The van der Waals surface area contributed by atoms with Gasteiger partial charge in [-0.15, -0.1) is 6.42 Å². The summed E-state index contributed by atoms with van der Waals surface area (Å²) in [6, 6.07) is 33.2. The van der Waals surface area contributed by atoms with Crippen LogP contribution in [-0.4, -0.2) is 57.5 Å². The van der Waals surface area contributed by atoms with E-state index >= 15 is 0 Å². The van der Waals surface area contributed by atoms with E-state index in [2.05, 4.69) is 129 Å². The molecule has 9 nitrogen and oxygen atoms in total. The van der Waals surface area contributed by atoms with Crippen LogP contribution < -0.4 is 14.2 Å². The molecule has 6 rings (SSSR count). The number of carbonyl (C=O) groups is 3. The Balaban J connectivity index is 1.39. The average molecular weight is 1410 g/mol. The van der Waals surface area contributed by atoms with Gasteiger partial charge in [0.25, 0.3) is 0 Å². The number of unbranched alkanes of at least 4 members (excludes halogenated alkanes) is 18. The minimum atomic E-state index is -0.484. The number of ether oxygens (including phenoxy) is 6. The molecule has 0 saturated carbocycles. The predicted molar refractivity (Wildman–Crippen MR) is 401 cm³/mol. The highest BCUT2D eigenvalue weighted by Gasteiger charge is 2.14. The molecule has 0 N–H and O–H groups in total. The van der Waals surface area contributed by atoms with Gasteiger partial charge < -0.3 is 28.4 Å². The Morgan fingerprint density at radius 2 is 0.495 bits per heavy atom. The van der Waals surface area contributed by atoms with Crippen LogP contribution in [-0.2, 0) is 14.2 Å². The van der Waals surface area contributed by atoms with E-state index in [0.29, 0.717) is 105 Å². The Labute approximate surface area is 594 Å². The van der Waals surface area contributed by atoms with Gasteiger partial charge in [0.05, 0.1) is 56.3 Å². The largest absolute Gasteiger partial charge is 0.494 e. The molecule has 506 valence electrons. The molecule has 0 amide bonds. The molecule has 10 heteroatoms. The minimum Gasteiger partial charge on any atom is -0.494 e. The lowest BCUT2D eigenvalue weighted by Crippen LogP contribution is -2.07. The van der Waals surface area contributed by atoms with Crippen molar-refractivity contribution in [2.75, 3.05) is 39.6 Å². The molecule has 0 aliphatic carbocycles. The van der Waals surface area contributed by atoms with E-state index in [1.165, 1.54) is 6.42 Å². The topological polar surface area (TPSA) is 107 Å². The van der Waals surface area contributed by atoms with Crippen molar-refractivity contribution in [1.82, 2.24) is 0 Å². The molecule has 6 aromatic rings. The van der Waals surface area contributed by atoms with Crippen LogP contribution in [0.4, 0.5) is 0 Å². The average Bonchev–Trinajstić information content (AvgIpc) is 0.928. The summed E-state index contributed by atoms with van der Waals surface area (Å²) < 4.78 is 36.9. The summed E-state index contributed by atoms with van der Waals surface area (Å²) in [5, 5.41) is 0. The first-order valence-corrected chi connectivity index (χ1v) is 36.5. The Bertz CT molecular complexity index is 3900. The van der Waals surface area contributed by atoms with Crippen molar-refractivity contribution >= 4 is 40.5 Å². The fourth-order valence-electron chi connectivity index (χ4n) is 10.3. The minimum absolute atomic E-state index is 0.283. The van der Waals surface area contributed by atoms with Crippen LogP contribution >= 0.6 is 22.6 Å². The zero-order valence-electron chi connectivity index (χ0n) is 58.2. The van der Waals surface area contributed by atoms with Crippen LogP contribution in [0, 0.1) is 75.1 Å². The SMILES string of the molecule is C#Cc1cc(C#Cc2cc(C#Cc3cc(C#Cc4cc(C#Cc5cc(C#Cc6cc(I)cc(C(=O)OCCCCCC)c6)cc(C(=O)OCCCCCC)c5)cc(C(=O)OCCCCCC)c4)cc(OCCCCCC)c3)cc(OCCCCCC)c2)cc(OCCCCCC)c1. The highest BCUT2D eigenvalue weighted by atomic mass is 127. The molecule has 0 spiro atoms. The monoisotopic (exact) mass is 1410 g/mol. The zero-order chi connectivity index (χ0) is 69.1. The Kier molecular flexibility index (Phi) is 36.3. The maximum absolute atomic E-state index is 13.9. The summed E-state index contributed by atoms with van der Waals surface area (Å²) in [7, 11) is 0. The number of carbonyl (C=O) groups excluding carboxylic acids is 3. The van der Waals surface area contributed by atoms with Crippen molar-refractivity contribution in [3.05, 3.63) is 191 Å². The molecule has 0 unspecified atom stereocenters. The van der Waals surface area contributed by atoms with Crippen LogP contribution in [0.25, 0.3) is 0 Å². The Morgan fingerprint density at radius 1 is 0.278 bits per heavy atom. The molecule has 0 heterocycles. The predicted octanol–water partition coefficient (Wildman–Crippen LogP) is 20.4. The second kappa shape index (κ2) is 45.6. The van der Waals surface area contributed by atoms with E-state index in [1.54, 1.807) is 36.4 Å². The molecule has 0 aliphatic rings. The number of rotatable bonds is 36. The Morgan fingerprint density at radius 3 is 0.753 bits per heavy atom. The third-order valence-corrected chi connectivity index (χ3v) is 16.2. The molecule has 97 heavy (non-hydrogen) atoms. The number of hydrogen-bond donors (Lipinski definition) is 0. The van der Waals surface area contributed by atoms with Gasteiger partial charge in [0, 0.05) is 64.8 Å². The molecule has 0 aliphatic heterocycles. The van der Waals surface area contributed by atoms with Crippen molar-refractivity contribution < 1.29 is 42.8 Å². The lowest BCUT2D eigenvalue weighted by molar-refractivity contribution is 0.0488. The first-order chi connectivity index (χ1) is 47.4. The van der Waals surface area contributed by atoms with Gasteiger partial charge in [-0.3, -0.25) is 0 Å². The normalized spacial score (nSPS) is 10.3. The number of halogens is 1. The smallest absolute Gasteiger partial charge is 0.338 e. The van der Waals surface area contributed by atoms with Gasteiger partial charge in [-0.2, -0.15) is 0 Å². The fraction of sp³-hybridized carbons (Fsp3) is 0.414. The molecule has 0 aromatic heterocycles. The molecular formula is C87H97IO9. The van der Waals surface area contributed by atoms with Crippen LogP contribution in [0.3, 0.4) is 0 Å². The van der Waals surface area contributed by atoms with Gasteiger partial charge in [0.2, 0.25) is 0 Å². The van der Waals surface area contributed by atoms with E-state index in [9.17, 15) is 14.4 Å². The summed E-state index contributed by atoms with van der Waals surface area (Å²) >= 11 is 2.17. The van der Waals surface area contributed by atoms with Crippen molar-refractivity contribution in [2.24, 2.45) is 0 Å². The summed E-state index contributed by atoms with van der Waals surface area (Å²) in [5.74, 6) is 36.6. The zero-order valence-corrected chi connectivity index (χ0v) is 60.4. The van der Waals surface area contributed by atoms with E-state index in [1.807, 2.05) is 72.8 Å². The molecule has 0 bridgehead atoms. The Hall–Kier alpha value is -8.78. The highest BCUT2D eigenvalue weighted by molar-refractivity contribution is 14.1. The van der Waals surface area contributed by atoms with Gasteiger partial charge in [-0.1, -0.05) is 222 Å². The molecule has 6 aromatic carbocycles. The molecule has 0 atom stereocenters. The maximum atomic E-state index is 13.9. The van der Waals surface area contributed by atoms with Gasteiger partial charge in [-0.25, -0.2) is 14.4 Å². The highest BCUT2D eigenvalue weighted by Crippen LogP contribution is 2.24. The second-order valence-corrected chi connectivity index (χ2v) is 25.5. The van der Waals surface area contributed by atoms with Crippen molar-refractivity contribution in [3.8, 4) is 88.8 Å². The van der Waals surface area contributed by atoms with E-state index in [0.717, 1.165) is 168 Å². The van der Waals surface area contributed by atoms with Crippen molar-refractivity contribution in [1.29, 1.82) is 0 Å². The molecule has 0 radical (unpaired) electrons. The van der Waals surface area contributed by atoms with Crippen molar-refractivity contribution in [2.45, 2.75) is 196 Å². The summed E-state index contributed by atoms with van der Waals surface area (Å²) in [5.41, 5.74) is 7.96. The first kappa shape index (κ1) is 77.2. The number of esters is 3. The standard InChI is InChI=1S/C87H97IO9/c1-8-15-21-27-43-92-82-60-67(14-7)49-72(61-82)38-39-74-53-76(65-84(63-74)94-45-29-23-17-10-3)41-40-75-52-73(62-83(64-75)93-44-28-22-16-9-2)37-35-70-50-68(54-78(56-70)85(89)95-46-30-24-18-11-4)33-34-69-51-71(57-79(55-69)86(90)96-47-31-25-19-12-5)36-42-77-58-80(66-81(88)59-77)87(91)97-48-32-26-20-13-6/h7,49-66H,8-13,15-32,43-48H2,1-6H3.